The van der Waals surface area contributed by atoms with Crippen LogP contribution in [0.4, 0.5) is 0 Å². The van der Waals surface area contributed by atoms with Gasteiger partial charge in [-0.1, -0.05) is 23.8 Å². The second kappa shape index (κ2) is 6.89. The van der Waals surface area contributed by atoms with Gasteiger partial charge in [-0.3, -0.25) is 9.69 Å². The molecule has 3 nitrogen and oxygen atoms in total. The fourth-order valence-corrected chi connectivity index (χ4v) is 2.86. The number of hydrogen-bond acceptors (Lipinski definition) is 3. The summed E-state index contributed by atoms with van der Waals surface area (Å²) < 4.78 is 5.16. The lowest BCUT2D eigenvalue weighted by Crippen LogP contribution is -2.39. The number of hydrogen-bond donors (Lipinski definition) is 0. The van der Waals surface area contributed by atoms with Crippen LogP contribution in [0.25, 0.3) is 0 Å². The van der Waals surface area contributed by atoms with Crippen LogP contribution in [-0.2, 0) is 16.1 Å². The fraction of sp³-hybridized carbons (Fsp3) is 0.588. The zero-order valence-corrected chi connectivity index (χ0v) is 12.8. The molecule has 0 bridgehead atoms. The van der Waals surface area contributed by atoms with E-state index in [0.29, 0.717) is 6.61 Å². The van der Waals surface area contributed by atoms with Crippen LogP contribution in [-0.4, -0.2) is 30.6 Å². The SMILES string of the molecule is CCOC(=O)C1CCCN(Cc2cc(C)ccc2C)C1. The maximum absolute atomic E-state index is 11.9. The van der Waals surface area contributed by atoms with Gasteiger partial charge in [-0.05, 0) is 51.3 Å². The van der Waals surface area contributed by atoms with Crippen molar-refractivity contribution in [1.29, 1.82) is 0 Å². The van der Waals surface area contributed by atoms with Gasteiger partial charge in [0.25, 0.3) is 0 Å². The van der Waals surface area contributed by atoms with Crippen molar-refractivity contribution in [3.05, 3.63) is 34.9 Å². The van der Waals surface area contributed by atoms with Crippen molar-refractivity contribution in [3.63, 3.8) is 0 Å². The summed E-state index contributed by atoms with van der Waals surface area (Å²) in [4.78, 5) is 14.3. The van der Waals surface area contributed by atoms with Crippen molar-refractivity contribution in [2.75, 3.05) is 19.7 Å². The number of carbonyl (C=O) groups excluding carboxylic acids is 1. The summed E-state index contributed by atoms with van der Waals surface area (Å²) in [5.74, 6) is 0.0204. The van der Waals surface area contributed by atoms with Gasteiger partial charge in [-0.15, -0.1) is 0 Å². The van der Waals surface area contributed by atoms with Crippen molar-refractivity contribution in [3.8, 4) is 0 Å². The standard InChI is InChI=1S/C17H25NO2/c1-4-20-17(19)15-6-5-9-18(11-15)12-16-10-13(2)7-8-14(16)3/h7-8,10,15H,4-6,9,11-12H2,1-3H3. The van der Waals surface area contributed by atoms with Crippen LogP contribution in [0.1, 0.15) is 36.5 Å². The highest BCUT2D eigenvalue weighted by Crippen LogP contribution is 2.21. The molecule has 0 radical (unpaired) electrons. The summed E-state index contributed by atoms with van der Waals surface area (Å²) in [6, 6.07) is 6.58. The van der Waals surface area contributed by atoms with Crippen LogP contribution in [0.15, 0.2) is 18.2 Å². The van der Waals surface area contributed by atoms with Crippen LogP contribution < -0.4 is 0 Å². The first-order valence-electron chi connectivity index (χ1n) is 7.55. The number of ether oxygens (including phenoxy) is 1. The van der Waals surface area contributed by atoms with Crippen molar-refractivity contribution >= 4 is 5.97 Å². The lowest BCUT2D eigenvalue weighted by Gasteiger charge is -2.31. The van der Waals surface area contributed by atoms with E-state index in [1.165, 1.54) is 16.7 Å². The van der Waals surface area contributed by atoms with E-state index in [1.54, 1.807) is 0 Å². The molecule has 1 aromatic carbocycles. The van der Waals surface area contributed by atoms with E-state index in [2.05, 4.69) is 36.9 Å². The van der Waals surface area contributed by atoms with E-state index in [9.17, 15) is 4.79 Å². The first-order chi connectivity index (χ1) is 9.60. The Hall–Kier alpha value is -1.35. The zero-order chi connectivity index (χ0) is 14.5. The molecule has 3 heteroatoms. The highest BCUT2D eigenvalue weighted by molar-refractivity contribution is 5.72. The Morgan fingerprint density at radius 2 is 2.20 bits per heavy atom. The van der Waals surface area contributed by atoms with E-state index >= 15 is 0 Å². The quantitative estimate of drug-likeness (QED) is 0.791. The maximum atomic E-state index is 11.9. The average Bonchev–Trinajstić information content (AvgIpc) is 2.43. The van der Waals surface area contributed by atoms with E-state index in [4.69, 9.17) is 4.74 Å². The normalized spacial score (nSPS) is 19.9. The highest BCUT2D eigenvalue weighted by atomic mass is 16.5. The van der Waals surface area contributed by atoms with Crippen LogP contribution in [0, 0.1) is 19.8 Å². The topological polar surface area (TPSA) is 29.5 Å². The molecule has 1 aromatic rings. The predicted molar refractivity (Wildman–Crippen MR) is 80.6 cm³/mol. The van der Waals surface area contributed by atoms with Gasteiger partial charge >= 0.3 is 5.97 Å². The minimum Gasteiger partial charge on any atom is -0.466 e. The highest BCUT2D eigenvalue weighted by Gasteiger charge is 2.26. The van der Waals surface area contributed by atoms with Gasteiger partial charge in [0.2, 0.25) is 0 Å². The number of nitrogens with zero attached hydrogens (tertiary/aromatic N) is 1. The molecule has 1 aliphatic rings. The van der Waals surface area contributed by atoms with Gasteiger partial charge < -0.3 is 4.74 Å². The molecule has 1 atom stereocenters. The van der Waals surface area contributed by atoms with Crippen molar-refractivity contribution < 1.29 is 9.53 Å². The van der Waals surface area contributed by atoms with Gasteiger partial charge in [0.05, 0.1) is 12.5 Å². The lowest BCUT2D eigenvalue weighted by atomic mass is 9.97. The maximum Gasteiger partial charge on any atom is 0.310 e. The minimum atomic E-state index is -0.0295. The van der Waals surface area contributed by atoms with Crippen molar-refractivity contribution in [1.82, 2.24) is 4.90 Å². The van der Waals surface area contributed by atoms with E-state index < -0.39 is 0 Å². The Kier molecular flexibility index (Phi) is 5.18. The molecule has 1 heterocycles. The minimum absolute atomic E-state index is 0.0295. The molecule has 0 aliphatic carbocycles. The number of rotatable bonds is 4. The summed E-state index contributed by atoms with van der Waals surface area (Å²) in [7, 11) is 0. The van der Waals surface area contributed by atoms with Crippen LogP contribution in [0.5, 0.6) is 0 Å². The number of aryl methyl sites for hydroxylation is 2. The molecule has 1 unspecified atom stereocenters. The van der Waals surface area contributed by atoms with Gasteiger partial charge in [-0.25, -0.2) is 0 Å². The van der Waals surface area contributed by atoms with E-state index in [1.807, 2.05) is 6.92 Å². The molecule has 20 heavy (non-hydrogen) atoms. The molecule has 0 spiro atoms. The monoisotopic (exact) mass is 275 g/mol. The molecule has 1 aliphatic heterocycles. The Bertz CT molecular complexity index is 470. The third-order valence-electron chi connectivity index (χ3n) is 4.02. The zero-order valence-electron chi connectivity index (χ0n) is 12.8. The Morgan fingerprint density at radius 3 is 2.95 bits per heavy atom. The summed E-state index contributed by atoms with van der Waals surface area (Å²) in [6.45, 7) is 9.46. The molecule has 110 valence electrons. The summed E-state index contributed by atoms with van der Waals surface area (Å²) in [5.41, 5.74) is 3.99. The number of likely N-dealkylation sites (tertiary alicyclic amines) is 1. The van der Waals surface area contributed by atoms with E-state index in [-0.39, 0.29) is 11.9 Å². The van der Waals surface area contributed by atoms with Gasteiger partial charge in [-0.2, -0.15) is 0 Å². The third-order valence-corrected chi connectivity index (χ3v) is 4.02. The second-order valence-electron chi connectivity index (χ2n) is 5.76. The third kappa shape index (κ3) is 3.83. The molecule has 1 saturated heterocycles. The van der Waals surface area contributed by atoms with Crippen molar-refractivity contribution in [2.45, 2.75) is 40.2 Å². The van der Waals surface area contributed by atoms with Crippen molar-refractivity contribution in [2.24, 2.45) is 5.92 Å². The summed E-state index contributed by atoms with van der Waals surface area (Å²) in [6.07, 6.45) is 2.04. The number of carbonyl (C=O) groups is 1. The molecular weight excluding hydrogens is 250 g/mol. The largest absolute Gasteiger partial charge is 0.466 e. The number of esters is 1. The predicted octanol–water partition coefficient (Wildman–Crippen LogP) is 3.08. The molecular formula is C17H25NO2. The first kappa shape index (κ1) is 15.0. The first-order valence-corrected chi connectivity index (χ1v) is 7.55. The fourth-order valence-electron chi connectivity index (χ4n) is 2.86. The molecule has 0 aromatic heterocycles. The second-order valence-corrected chi connectivity index (χ2v) is 5.76. The lowest BCUT2D eigenvalue weighted by molar-refractivity contribution is -0.150. The Labute approximate surface area is 121 Å². The van der Waals surface area contributed by atoms with Gasteiger partial charge in [0.15, 0.2) is 0 Å². The summed E-state index contributed by atoms with van der Waals surface area (Å²) in [5, 5.41) is 0. The number of piperidine rings is 1. The smallest absolute Gasteiger partial charge is 0.310 e. The van der Waals surface area contributed by atoms with Crippen LogP contribution in [0.3, 0.4) is 0 Å². The van der Waals surface area contributed by atoms with Gasteiger partial charge in [0.1, 0.15) is 0 Å². The molecule has 0 N–H and O–H groups in total. The Balaban J connectivity index is 1.99. The van der Waals surface area contributed by atoms with Crippen LogP contribution >= 0.6 is 0 Å². The van der Waals surface area contributed by atoms with Crippen LogP contribution in [0.2, 0.25) is 0 Å². The van der Waals surface area contributed by atoms with Gasteiger partial charge in [0, 0.05) is 13.1 Å². The molecule has 1 fully saturated rings. The average molecular weight is 275 g/mol. The molecule has 2 rings (SSSR count). The Morgan fingerprint density at radius 1 is 1.40 bits per heavy atom. The molecule has 0 amide bonds. The van der Waals surface area contributed by atoms with E-state index in [0.717, 1.165) is 32.5 Å². The summed E-state index contributed by atoms with van der Waals surface area (Å²) >= 11 is 0. The number of benzene rings is 1. The molecule has 0 saturated carbocycles.